The summed E-state index contributed by atoms with van der Waals surface area (Å²) in [6, 6.07) is 3.59. The Hall–Kier alpha value is -3.45. The van der Waals surface area contributed by atoms with Gasteiger partial charge in [0.1, 0.15) is 6.33 Å². The van der Waals surface area contributed by atoms with Crippen molar-refractivity contribution < 1.29 is 14.3 Å². The Bertz CT molecular complexity index is 1070. The van der Waals surface area contributed by atoms with Gasteiger partial charge < -0.3 is 25.1 Å². The minimum Gasteiger partial charge on any atom is -0.454 e. The van der Waals surface area contributed by atoms with Crippen LogP contribution in [0.2, 0.25) is 0 Å². The molecule has 10 heteroatoms. The first-order chi connectivity index (χ1) is 13.2. The zero-order valence-corrected chi connectivity index (χ0v) is 14.8. The maximum Gasteiger partial charge on any atom is 0.231 e. The average Bonchev–Trinajstić information content (AvgIpc) is 3.26. The van der Waals surface area contributed by atoms with Gasteiger partial charge in [-0.3, -0.25) is 4.79 Å². The summed E-state index contributed by atoms with van der Waals surface area (Å²) in [4.78, 5) is 24.2. The van der Waals surface area contributed by atoms with Gasteiger partial charge in [0.25, 0.3) is 0 Å². The van der Waals surface area contributed by atoms with E-state index >= 15 is 0 Å². The van der Waals surface area contributed by atoms with E-state index in [1.165, 1.54) is 18.1 Å². The van der Waals surface area contributed by atoms with Gasteiger partial charge in [-0.2, -0.15) is 0 Å². The van der Waals surface area contributed by atoms with Crippen molar-refractivity contribution in [1.82, 2.24) is 24.8 Å². The van der Waals surface area contributed by atoms with E-state index in [0.717, 1.165) is 4.90 Å². The number of amides is 1. The minimum absolute atomic E-state index is 0.162. The van der Waals surface area contributed by atoms with Gasteiger partial charge in [0.15, 0.2) is 33.6 Å². The summed E-state index contributed by atoms with van der Waals surface area (Å²) in [6.07, 6.45) is 7.68. The lowest BCUT2D eigenvalue weighted by Crippen LogP contribution is -2.18. The lowest BCUT2D eigenvalue weighted by Gasteiger charge is -2.09. The summed E-state index contributed by atoms with van der Waals surface area (Å²) in [5, 5.41) is 3.26. The maximum absolute atomic E-state index is 10.6. The van der Waals surface area contributed by atoms with Crippen LogP contribution in [0.4, 0.5) is 5.82 Å². The Labute approximate surface area is 158 Å². The summed E-state index contributed by atoms with van der Waals surface area (Å²) in [5.41, 5.74) is 7.68. The number of nitrogens with two attached hydrogens (primary N) is 1. The number of ether oxygens (including phenoxy) is 2. The predicted octanol–water partition coefficient (Wildman–Crippen LogP) is 1.02. The number of nitrogens with zero attached hydrogens (tertiary/aromatic N) is 4. The Morgan fingerprint density at radius 2 is 2.19 bits per heavy atom. The van der Waals surface area contributed by atoms with Crippen LogP contribution >= 0.6 is 11.8 Å². The zero-order chi connectivity index (χ0) is 18.8. The Morgan fingerprint density at radius 3 is 2.96 bits per heavy atom. The molecule has 27 heavy (non-hydrogen) atoms. The predicted molar refractivity (Wildman–Crippen MR) is 98.4 cm³/mol. The molecule has 3 aromatic rings. The molecule has 1 aliphatic heterocycles. The summed E-state index contributed by atoms with van der Waals surface area (Å²) < 4.78 is 12.7. The van der Waals surface area contributed by atoms with E-state index < -0.39 is 0 Å². The van der Waals surface area contributed by atoms with Crippen LogP contribution < -0.4 is 20.5 Å². The number of terminal acetylenes is 1. The van der Waals surface area contributed by atoms with Crippen LogP contribution in [0, 0.1) is 12.3 Å². The van der Waals surface area contributed by atoms with Gasteiger partial charge in [-0.05, 0) is 6.07 Å². The van der Waals surface area contributed by atoms with Crippen LogP contribution in [0.25, 0.3) is 11.2 Å². The van der Waals surface area contributed by atoms with Crippen molar-refractivity contribution in [3.05, 3.63) is 24.0 Å². The number of hydrogen-bond donors (Lipinski definition) is 2. The van der Waals surface area contributed by atoms with Gasteiger partial charge in [0, 0.05) is 29.6 Å². The summed E-state index contributed by atoms with van der Waals surface area (Å²) >= 11 is 1.36. The van der Waals surface area contributed by atoms with Crippen LogP contribution in [-0.2, 0) is 11.3 Å². The number of carbonyl (C=O) groups is 1. The van der Waals surface area contributed by atoms with Crippen molar-refractivity contribution in [3.8, 4) is 23.8 Å². The highest BCUT2D eigenvalue weighted by atomic mass is 32.2. The first-order valence-electron chi connectivity index (χ1n) is 7.93. The molecule has 0 unspecified atom stereocenters. The number of imidazole rings is 1. The van der Waals surface area contributed by atoms with Crippen molar-refractivity contribution in [1.29, 1.82) is 0 Å². The summed E-state index contributed by atoms with van der Waals surface area (Å²) in [7, 11) is 0. The monoisotopic (exact) mass is 382 g/mol. The first kappa shape index (κ1) is 17.0. The fourth-order valence-corrected chi connectivity index (χ4v) is 3.68. The first-order valence-corrected chi connectivity index (χ1v) is 8.74. The van der Waals surface area contributed by atoms with E-state index in [0.29, 0.717) is 52.9 Å². The van der Waals surface area contributed by atoms with Gasteiger partial charge in [-0.15, -0.1) is 6.42 Å². The van der Waals surface area contributed by atoms with Crippen molar-refractivity contribution in [3.63, 3.8) is 0 Å². The second-order valence-corrected chi connectivity index (χ2v) is 6.51. The molecule has 136 valence electrons. The molecule has 0 aliphatic carbocycles. The van der Waals surface area contributed by atoms with Crippen molar-refractivity contribution in [2.75, 3.05) is 19.1 Å². The molecule has 9 nitrogen and oxygen atoms in total. The number of rotatable bonds is 6. The molecular formula is C17H14N6O3S. The largest absolute Gasteiger partial charge is 0.454 e. The highest BCUT2D eigenvalue weighted by molar-refractivity contribution is 7.99. The van der Waals surface area contributed by atoms with E-state index in [9.17, 15) is 4.79 Å². The maximum atomic E-state index is 10.6. The van der Waals surface area contributed by atoms with Crippen LogP contribution in [0.15, 0.2) is 28.5 Å². The third-order valence-corrected chi connectivity index (χ3v) is 4.97. The van der Waals surface area contributed by atoms with Crippen LogP contribution in [0.3, 0.4) is 0 Å². The molecule has 0 radical (unpaired) electrons. The minimum atomic E-state index is 0.162. The number of nitrogens with one attached hydrogen (secondary N) is 1. The molecule has 0 spiro atoms. The molecule has 2 aromatic heterocycles. The molecule has 0 saturated carbocycles. The number of aromatic nitrogens is 4. The molecular weight excluding hydrogens is 368 g/mol. The molecule has 0 bridgehead atoms. The van der Waals surface area contributed by atoms with E-state index in [-0.39, 0.29) is 12.6 Å². The van der Waals surface area contributed by atoms with Crippen molar-refractivity contribution in [2.45, 2.75) is 16.6 Å². The van der Waals surface area contributed by atoms with Gasteiger partial charge in [0.2, 0.25) is 13.2 Å². The normalized spacial score (nSPS) is 12.1. The third kappa shape index (κ3) is 3.09. The highest BCUT2D eigenvalue weighted by Crippen LogP contribution is 2.40. The van der Waals surface area contributed by atoms with Gasteiger partial charge in [-0.25, -0.2) is 15.0 Å². The molecule has 0 atom stereocenters. The molecule has 1 aliphatic rings. The number of hydrogen-bond acceptors (Lipinski definition) is 8. The van der Waals surface area contributed by atoms with E-state index in [1.807, 2.05) is 10.6 Å². The van der Waals surface area contributed by atoms with Gasteiger partial charge in [-0.1, -0.05) is 17.7 Å². The van der Waals surface area contributed by atoms with E-state index in [4.69, 9.17) is 21.6 Å². The molecule has 0 saturated heterocycles. The molecule has 0 fully saturated rings. The Kier molecular flexibility index (Phi) is 4.43. The van der Waals surface area contributed by atoms with Crippen LogP contribution in [0.5, 0.6) is 11.5 Å². The van der Waals surface area contributed by atoms with Crippen LogP contribution in [-0.4, -0.2) is 39.3 Å². The number of fused-ring (bicyclic) bond motifs is 2. The fourth-order valence-electron chi connectivity index (χ4n) is 2.67. The Morgan fingerprint density at radius 1 is 1.37 bits per heavy atom. The van der Waals surface area contributed by atoms with E-state index in [1.54, 1.807) is 6.07 Å². The molecule has 3 N–H and O–H groups in total. The topological polar surface area (TPSA) is 117 Å². The SMILES string of the molecule is C#Cc1cc2c(cc1Sc1nc3c(N)ncnc3n1CCNC=O)OCO2. The zero-order valence-electron chi connectivity index (χ0n) is 14.0. The van der Waals surface area contributed by atoms with Gasteiger partial charge >= 0.3 is 0 Å². The number of benzene rings is 1. The van der Waals surface area contributed by atoms with Crippen LogP contribution in [0.1, 0.15) is 5.56 Å². The van der Waals surface area contributed by atoms with Gasteiger partial charge in [0.05, 0.1) is 0 Å². The average molecular weight is 382 g/mol. The van der Waals surface area contributed by atoms with Crippen molar-refractivity contribution >= 4 is 35.2 Å². The molecule has 4 rings (SSSR count). The number of nitrogen functional groups attached to an aromatic ring is 1. The van der Waals surface area contributed by atoms with Crippen molar-refractivity contribution in [2.24, 2.45) is 0 Å². The quantitative estimate of drug-likeness (QED) is 0.369. The fraction of sp³-hybridized carbons (Fsp3) is 0.176. The molecule has 1 amide bonds. The molecule has 3 heterocycles. The number of anilines is 1. The standard InChI is InChI=1S/C17H14N6O3S/c1-2-10-5-11-12(26-9-25-11)6-13(10)27-17-22-14-15(18)20-7-21-16(14)23(17)4-3-19-8-24/h1,5-8H,3-4,9H2,(H,19,24)(H2,18,20,21). The third-order valence-electron chi connectivity index (χ3n) is 3.92. The number of carbonyl (C=O) groups excluding carboxylic acids is 1. The lowest BCUT2D eigenvalue weighted by atomic mass is 10.2. The lowest BCUT2D eigenvalue weighted by molar-refractivity contribution is -0.109. The molecule has 1 aromatic carbocycles. The summed E-state index contributed by atoms with van der Waals surface area (Å²) in [5.74, 6) is 4.18. The summed E-state index contributed by atoms with van der Waals surface area (Å²) in [6.45, 7) is 1.04. The highest BCUT2D eigenvalue weighted by Gasteiger charge is 2.20. The smallest absolute Gasteiger partial charge is 0.231 e. The van der Waals surface area contributed by atoms with E-state index in [2.05, 4.69) is 26.2 Å². The second-order valence-electron chi connectivity index (χ2n) is 5.50. The Balaban J connectivity index is 1.77. The second kappa shape index (κ2) is 7.05.